The molecule has 0 aliphatic rings. The Balaban J connectivity index is 2.71. The summed E-state index contributed by atoms with van der Waals surface area (Å²) in [4.78, 5) is 5.53. The molecule has 3 heteroatoms. The molecule has 0 bridgehead atoms. The zero-order valence-electron chi connectivity index (χ0n) is 7.11. The fraction of sp³-hybridized carbons (Fsp3) is 0.222. The van der Waals surface area contributed by atoms with E-state index in [0.717, 1.165) is 5.52 Å². The van der Waals surface area contributed by atoms with Crippen LogP contribution in [0.2, 0.25) is 0 Å². The van der Waals surface area contributed by atoms with Crippen molar-refractivity contribution in [2.45, 2.75) is 4.90 Å². The predicted octanol–water partition coefficient (Wildman–Crippen LogP) is 2.30. The summed E-state index contributed by atoms with van der Waals surface area (Å²) in [6.45, 7) is 0. The topological polar surface area (TPSA) is 17.8 Å². The Morgan fingerprint density at radius 1 is 1.42 bits per heavy atom. The molecule has 0 unspecified atom stereocenters. The Morgan fingerprint density at radius 3 is 3.00 bits per heavy atom. The minimum Gasteiger partial charge on any atom is -0.334 e. The zero-order valence-corrected chi connectivity index (χ0v) is 7.93. The van der Waals surface area contributed by atoms with Gasteiger partial charge in [0.15, 0.2) is 0 Å². The number of thioether (sulfide) groups is 1. The molecule has 1 aromatic heterocycles. The molecule has 12 heavy (non-hydrogen) atoms. The normalized spacial score (nSPS) is 10.8. The number of benzene rings is 1. The van der Waals surface area contributed by atoms with E-state index in [1.807, 2.05) is 17.9 Å². The van der Waals surface area contributed by atoms with Gasteiger partial charge in [0.2, 0.25) is 0 Å². The lowest BCUT2D eigenvalue weighted by molar-refractivity contribution is 0.946. The summed E-state index contributed by atoms with van der Waals surface area (Å²) < 4.78 is 2.04. The van der Waals surface area contributed by atoms with Crippen LogP contribution < -0.4 is 0 Å². The van der Waals surface area contributed by atoms with Gasteiger partial charge in [-0.15, -0.1) is 11.8 Å². The molecule has 62 valence electrons. The van der Waals surface area contributed by atoms with Gasteiger partial charge < -0.3 is 4.57 Å². The van der Waals surface area contributed by atoms with Crippen LogP contribution in [-0.4, -0.2) is 15.8 Å². The van der Waals surface area contributed by atoms with Crippen molar-refractivity contribution < 1.29 is 0 Å². The van der Waals surface area contributed by atoms with E-state index in [0.29, 0.717) is 0 Å². The Hall–Kier alpha value is -0.960. The summed E-state index contributed by atoms with van der Waals surface area (Å²) in [7, 11) is 2.01. The lowest BCUT2D eigenvalue weighted by Crippen LogP contribution is -1.83. The molecule has 0 N–H and O–H groups in total. The first-order chi connectivity index (χ1) is 5.81. The Morgan fingerprint density at radius 2 is 2.25 bits per heavy atom. The number of hydrogen-bond acceptors (Lipinski definition) is 2. The van der Waals surface area contributed by atoms with E-state index < -0.39 is 0 Å². The third-order valence-corrected chi connectivity index (χ3v) is 2.66. The van der Waals surface area contributed by atoms with Crippen LogP contribution >= 0.6 is 11.8 Å². The van der Waals surface area contributed by atoms with Crippen molar-refractivity contribution in [2.24, 2.45) is 7.05 Å². The largest absolute Gasteiger partial charge is 0.334 e. The van der Waals surface area contributed by atoms with E-state index in [9.17, 15) is 0 Å². The molecule has 0 radical (unpaired) electrons. The van der Waals surface area contributed by atoms with Gasteiger partial charge in [0, 0.05) is 11.9 Å². The van der Waals surface area contributed by atoms with Crippen LogP contribution in [0.4, 0.5) is 0 Å². The summed E-state index contributed by atoms with van der Waals surface area (Å²) in [5, 5.41) is 0. The maximum Gasteiger partial charge on any atom is 0.0955 e. The van der Waals surface area contributed by atoms with Gasteiger partial charge in [-0.05, 0) is 24.5 Å². The molecule has 2 rings (SSSR count). The number of fused-ring (bicyclic) bond motifs is 1. The van der Waals surface area contributed by atoms with Crippen molar-refractivity contribution >= 4 is 22.8 Å². The highest BCUT2D eigenvalue weighted by Gasteiger charge is 1.99. The molecule has 1 heterocycles. The van der Waals surface area contributed by atoms with Gasteiger partial charge in [-0.2, -0.15) is 0 Å². The average Bonchev–Trinajstić information content (AvgIpc) is 2.47. The van der Waals surface area contributed by atoms with E-state index in [2.05, 4.69) is 29.4 Å². The molecule has 0 saturated heterocycles. The van der Waals surface area contributed by atoms with Crippen LogP contribution in [0.25, 0.3) is 11.0 Å². The lowest BCUT2D eigenvalue weighted by Gasteiger charge is -1.97. The lowest BCUT2D eigenvalue weighted by atomic mass is 10.3. The molecular weight excluding hydrogens is 168 g/mol. The maximum absolute atomic E-state index is 4.25. The minimum absolute atomic E-state index is 1.07. The number of imidazole rings is 1. The van der Waals surface area contributed by atoms with Gasteiger partial charge in [-0.3, -0.25) is 0 Å². The standard InChI is InChI=1S/C9H10N2S/c1-11-6-10-8-4-3-7(12-2)5-9(8)11/h3-6H,1-2H3. The van der Waals surface area contributed by atoms with E-state index in [1.165, 1.54) is 10.4 Å². The fourth-order valence-electron chi connectivity index (χ4n) is 1.23. The van der Waals surface area contributed by atoms with Gasteiger partial charge >= 0.3 is 0 Å². The molecule has 0 atom stereocenters. The molecule has 2 aromatic rings. The first-order valence-electron chi connectivity index (χ1n) is 3.76. The smallest absolute Gasteiger partial charge is 0.0955 e. The van der Waals surface area contributed by atoms with Crippen LogP contribution in [0.5, 0.6) is 0 Å². The first kappa shape index (κ1) is 7.68. The number of aromatic nitrogens is 2. The highest BCUT2D eigenvalue weighted by Crippen LogP contribution is 2.20. The summed E-state index contributed by atoms with van der Waals surface area (Å²) in [6, 6.07) is 6.31. The summed E-state index contributed by atoms with van der Waals surface area (Å²) >= 11 is 1.75. The van der Waals surface area contributed by atoms with Gasteiger partial charge in [-0.1, -0.05) is 0 Å². The van der Waals surface area contributed by atoms with Crippen molar-refractivity contribution in [1.82, 2.24) is 9.55 Å². The van der Waals surface area contributed by atoms with Crippen LogP contribution in [0.15, 0.2) is 29.4 Å². The second-order valence-electron chi connectivity index (χ2n) is 2.71. The third kappa shape index (κ3) is 1.10. The fourth-order valence-corrected chi connectivity index (χ4v) is 1.67. The SMILES string of the molecule is CSc1ccc2ncn(C)c2c1. The zero-order chi connectivity index (χ0) is 8.55. The molecule has 0 spiro atoms. The number of nitrogens with zero attached hydrogens (tertiary/aromatic N) is 2. The molecule has 0 aliphatic carbocycles. The van der Waals surface area contributed by atoms with Crippen LogP contribution in [0.3, 0.4) is 0 Å². The maximum atomic E-state index is 4.25. The third-order valence-electron chi connectivity index (χ3n) is 1.93. The first-order valence-corrected chi connectivity index (χ1v) is 4.99. The molecule has 1 aromatic carbocycles. The van der Waals surface area contributed by atoms with Gasteiger partial charge in [-0.25, -0.2) is 4.98 Å². The van der Waals surface area contributed by atoms with Gasteiger partial charge in [0.25, 0.3) is 0 Å². The van der Waals surface area contributed by atoms with Crippen molar-refractivity contribution in [3.63, 3.8) is 0 Å². The number of aryl methyl sites for hydroxylation is 1. The molecule has 0 aliphatic heterocycles. The highest BCUT2D eigenvalue weighted by molar-refractivity contribution is 7.98. The number of rotatable bonds is 1. The van der Waals surface area contributed by atoms with Crippen molar-refractivity contribution in [3.8, 4) is 0 Å². The van der Waals surface area contributed by atoms with E-state index in [4.69, 9.17) is 0 Å². The Bertz CT molecular complexity index is 406. The van der Waals surface area contributed by atoms with Gasteiger partial charge in [0.05, 0.1) is 17.4 Å². The number of hydrogen-bond donors (Lipinski definition) is 0. The van der Waals surface area contributed by atoms with Crippen LogP contribution in [0.1, 0.15) is 0 Å². The summed E-state index contributed by atoms with van der Waals surface area (Å²) in [5.74, 6) is 0. The van der Waals surface area contributed by atoms with E-state index in [1.54, 1.807) is 11.8 Å². The molecular formula is C9H10N2S. The molecule has 0 amide bonds. The van der Waals surface area contributed by atoms with Crippen molar-refractivity contribution in [2.75, 3.05) is 6.26 Å². The minimum atomic E-state index is 1.07. The van der Waals surface area contributed by atoms with Crippen LogP contribution in [-0.2, 0) is 7.05 Å². The second kappa shape index (κ2) is 2.83. The van der Waals surface area contributed by atoms with E-state index in [-0.39, 0.29) is 0 Å². The summed E-state index contributed by atoms with van der Waals surface area (Å²) in [5.41, 5.74) is 2.26. The second-order valence-corrected chi connectivity index (χ2v) is 3.59. The quantitative estimate of drug-likeness (QED) is 0.623. The van der Waals surface area contributed by atoms with E-state index >= 15 is 0 Å². The molecule has 2 nitrogen and oxygen atoms in total. The Kier molecular flexibility index (Phi) is 1.81. The average molecular weight is 178 g/mol. The molecule has 0 saturated carbocycles. The van der Waals surface area contributed by atoms with Crippen molar-refractivity contribution in [3.05, 3.63) is 24.5 Å². The molecule has 0 fully saturated rings. The highest BCUT2D eigenvalue weighted by atomic mass is 32.2. The monoisotopic (exact) mass is 178 g/mol. The summed E-state index contributed by atoms with van der Waals surface area (Å²) in [6.07, 6.45) is 3.92. The van der Waals surface area contributed by atoms with Crippen LogP contribution in [0, 0.1) is 0 Å². The Labute approximate surface area is 75.6 Å². The predicted molar refractivity (Wildman–Crippen MR) is 52.5 cm³/mol. The van der Waals surface area contributed by atoms with Gasteiger partial charge in [0.1, 0.15) is 0 Å². The van der Waals surface area contributed by atoms with Crippen molar-refractivity contribution in [1.29, 1.82) is 0 Å².